The maximum Gasteiger partial charge on any atom is 0.326 e. The third-order valence-corrected chi connectivity index (χ3v) is 4.87. The lowest BCUT2D eigenvalue weighted by atomic mass is 10.1. The van der Waals surface area contributed by atoms with Gasteiger partial charge in [-0.05, 0) is 30.7 Å². The summed E-state index contributed by atoms with van der Waals surface area (Å²) in [5, 5.41) is 9.08. The Kier molecular flexibility index (Phi) is 4.23. The fourth-order valence-corrected chi connectivity index (χ4v) is 3.74. The zero-order chi connectivity index (χ0) is 16.6. The van der Waals surface area contributed by atoms with Crippen LogP contribution in [0.1, 0.15) is 12.5 Å². The van der Waals surface area contributed by atoms with Gasteiger partial charge in [0.05, 0.1) is 4.91 Å². The van der Waals surface area contributed by atoms with Crippen molar-refractivity contribution in [1.82, 2.24) is 4.90 Å². The summed E-state index contributed by atoms with van der Waals surface area (Å²) < 4.78 is 5.91. The van der Waals surface area contributed by atoms with Crippen LogP contribution in [0.5, 0.6) is 5.75 Å². The highest BCUT2D eigenvalue weighted by molar-refractivity contribution is 8.26. The van der Waals surface area contributed by atoms with Crippen LogP contribution in [0.25, 0.3) is 6.08 Å². The van der Waals surface area contributed by atoms with Crippen LogP contribution in [-0.4, -0.2) is 38.9 Å². The second kappa shape index (κ2) is 6.17. The van der Waals surface area contributed by atoms with Crippen molar-refractivity contribution in [3.63, 3.8) is 0 Å². The Morgan fingerprint density at radius 2 is 2.22 bits per heavy atom. The molecule has 1 N–H and O–H groups in total. The molecule has 2 heterocycles. The summed E-state index contributed by atoms with van der Waals surface area (Å²) in [6, 6.07) is 6.65. The van der Waals surface area contributed by atoms with E-state index in [4.69, 9.17) is 22.1 Å². The van der Waals surface area contributed by atoms with Gasteiger partial charge in [0.1, 0.15) is 22.7 Å². The average Bonchev–Trinajstić information content (AvgIpc) is 2.80. The third-order valence-electron chi connectivity index (χ3n) is 3.54. The number of thiocarbonyl (C=S) groups is 1. The van der Waals surface area contributed by atoms with E-state index in [2.05, 4.69) is 0 Å². The van der Waals surface area contributed by atoms with Crippen molar-refractivity contribution in [3.05, 3.63) is 46.4 Å². The van der Waals surface area contributed by atoms with Crippen LogP contribution in [0.3, 0.4) is 0 Å². The Balaban J connectivity index is 1.87. The first-order chi connectivity index (χ1) is 11.0. The van der Waals surface area contributed by atoms with Gasteiger partial charge in [0.25, 0.3) is 5.91 Å². The molecule has 23 heavy (non-hydrogen) atoms. The molecule has 1 atom stereocenters. The van der Waals surface area contributed by atoms with E-state index in [0.29, 0.717) is 11.5 Å². The minimum absolute atomic E-state index is 0.258. The third kappa shape index (κ3) is 3.02. The fraction of sp³-hybridized carbons (Fsp3) is 0.188. The van der Waals surface area contributed by atoms with Gasteiger partial charge in [-0.2, -0.15) is 0 Å². The van der Waals surface area contributed by atoms with E-state index in [1.807, 2.05) is 30.3 Å². The quantitative estimate of drug-likeness (QED) is 0.670. The molecule has 0 aliphatic carbocycles. The van der Waals surface area contributed by atoms with Crippen LogP contribution in [0.15, 0.2) is 40.8 Å². The van der Waals surface area contributed by atoms with Crippen molar-refractivity contribution < 1.29 is 19.4 Å². The second-order valence-electron chi connectivity index (χ2n) is 5.11. The second-order valence-corrected chi connectivity index (χ2v) is 6.79. The number of ether oxygens (including phenoxy) is 1. The minimum Gasteiger partial charge on any atom is -0.488 e. The number of aliphatic carboxylic acids is 1. The van der Waals surface area contributed by atoms with Crippen molar-refractivity contribution in [3.8, 4) is 5.75 Å². The standard InChI is InChI=1S/C16H13NO4S2/c1-9(15(19)20)17-14(18)13(23-16(17)22)7-10-6-11-4-2-3-5-12(11)21-8-10/h2-7,9H,8H2,1H3,(H,19,20)/b13-7-. The van der Waals surface area contributed by atoms with Gasteiger partial charge >= 0.3 is 5.97 Å². The van der Waals surface area contributed by atoms with E-state index in [1.165, 1.54) is 6.92 Å². The van der Waals surface area contributed by atoms with E-state index in [0.717, 1.165) is 33.5 Å². The summed E-state index contributed by atoms with van der Waals surface area (Å²) in [6.07, 6.45) is 3.66. The molecule has 118 valence electrons. The Bertz CT molecular complexity index is 769. The van der Waals surface area contributed by atoms with Gasteiger partial charge in [0.15, 0.2) is 0 Å². The molecule has 0 bridgehead atoms. The molecular formula is C16H13NO4S2. The normalized spacial score (nSPS) is 20.1. The first-order valence-corrected chi connectivity index (χ1v) is 8.12. The number of fused-ring (bicyclic) bond motifs is 1. The highest BCUT2D eigenvalue weighted by atomic mass is 32.2. The van der Waals surface area contributed by atoms with Crippen molar-refractivity contribution in [2.45, 2.75) is 13.0 Å². The molecular weight excluding hydrogens is 334 g/mol. The Hall–Kier alpha value is -2.12. The molecule has 5 nitrogen and oxygen atoms in total. The molecule has 2 aliphatic heterocycles. The van der Waals surface area contributed by atoms with Crippen molar-refractivity contribution in [1.29, 1.82) is 0 Å². The molecule has 0 aromatic heterocycles. The Morgan fingerprint density at radius 1 is 1.48 bits per heavy atom. The van der Waals surface area contributed by atoms with Crippen LogP contribution in [0.4, 0.5) is 0 Å². The number of benzene rings is 1. The van der Waals surface area contributed by atoms with Crippen LogP contribution in [-0.2, 0) is 9.59 Å². The van der Waals surface area contributed by atoms with E-state index in [-0.39, 0.29) is 10.2 Å². The lowest BCUT2D eigenvalue weighted by Gasteiger charge is -2.19. The van der Waals surface area contributed by atoms with Crippen LogP contribution >= 0.6 is 24.0 Å². The molecule has 1 saturated heterocycles. The molecule has 1 aromatic rings. The number of rotatable bonds is 3. The summed E-state index contributed by atoms with van der Waals surface area (Å²) in [5.74, 6) is -0.664. The summed E-state index contributed by atoms with van der Waals surface area (Å²) in [4.78, 5) is 25.0. The Labute approximate surface area is 142 Å². The molecule has 1 amide bonds. The molecule has 7 heteroatoms. The molecule has 1 fully saturated rings. The molecule has 0 radical (unpaired) electrons. The topological polar surface area (TPSA) is 66.8 Å². The van der Waals surface area contributed by atoms with Crippen molar-refractivity contribution in [2.24, 2.45) is 0 Å². The van der Waals surface area contributed by atoms with Crippen LogP contribution in [0, 0.1) is 0 Å². The first kappa shape index (κ1) is 15.8. The predicted octanol–water partition coefficient (Wildman–Crippen LogP) is 2.68. The maximum absolute atomic E-state index is 12.4. The van der Waals surface area contributed by atoms with Gasteiger partial charge in [-0.25, -0.2) is 4.79 Å². The number of amides is 1. The van der Waals surface area contributed by atoms with Crippen molar-refractivity contribution in [2.75, 3.05) is 6.61 Å². The number of thioether (sulfide) groups is 1. The zero-order valence-electron chi connectivity index (χ0n) is 12.2. The predicted molar refractivity (Wildman–Crippen MR) is 92.1 cm³/mol. The number of carbonyl (C=O) groups is 2. The lowest BCUT2D eigenvalue weighted by Crippen LogP contribution is -2.41. The van der Waals surface area contributed by atoms with E-state index >= 15 is 0 Å². The average molecular weight is 347 g/mol. The SMILES string of the molecule is CC(C(=O)O)N1C(=O)/C(=C/C2=Cc3ccccc3OC2)SC1=S. The van der Waals surface area contributed by atoms with Gasteiger partial charge in [-0.15, -0.1) is 0 Å². The molecule has 0 spiro atoms. The number of carboxylic acids is 1. The van der Waals surface area contributed by atoms with Gasteiger partial charge in [-0.1, -0.05) is 42.2 Å². The molecule has 1 unspecified atom stereocenters. The zero-order valence-corrected chi connectivity index (χ0v) is 13.8. The van der Waals surface area contributed by atoms with Gasteiger partial charge in [-0.3, -0.25) is 9.69 Å². The fourth-order valence-electron chi connectivity index (χ4n) is 2.31. The van der Waals surface area contributed by atoms with E-state index < -0.39 is 12.0 Å². The lowest BCUT2D eigenvalue weighted by molar-refractivity contribution is -0.144. The smallest absolute Gasteiger partial charge is 0.326 e. The number of nitrogens with zero attached hydrogens (tertiary/aromatic N) is 1. The van der Waals surface area contributed by atoms with Crippen LogP contribution < -0.4 is 4.74 Å². The van der Waals surface area contributed by atoms with E-state index in [1.54, 1.807) is 6.08 Å². The van der Waals surface area contributed by atoms with Crippen LogP contribution in [0.2, 0.25) is 0 Å². The van der Waals surface area contributed by atoms with Crippen molar-refractivity contribution >= 4 is 46.3 Å². The summed E-state index contributed by atoms with van der Waals surface area (Å²) in [7, 11) is 0. The first-order valence-electron chi connectivity index (χ1n) is 6.89. The van der Waals surface area contributed by atoms with Gasteiger partial charge < -0.3 is 9.84 Å². The number of para-hydroxylation sites is 1. The van der Waals surface area contributed by atoms with Gasteiger partial charge in [0, 0.05) is 5.56 Å². The highest BCUT2D eigenvalue weighted by Gasteiger charge is 2.38. The Morgan fingerprint density at radius 3 is 2.96 bits per heavy atom. The highest BCUT2D eigenvalue weighted by Crippen LogP contribution is 2.35. The molecule has 0 saturated carbocycles. The largest absolute Gasteiger partial charge is 0.488 e. The monoisotopic (exact) mass is 347 g/mol. The number of hydrogen-bond donors (Lipinski definition) is 1. The van der Waals surface area contributed by atoms with Gasteiger partial charge in [0.2, 0.25) is 0 Å². The number of carboxylic acid groups (broad SMARTS) is 1. The van der Waals surface area contributed by atoms with E-state index in [9.17, 15) is 9.59 Å². The maximum atomic E-state index is 12.4. The number of hydrogen-bond acceptors (Lipinski definition) is 5. The molecule has 3 rings (SSSR count). The molecule has 2 aliphatic rings. The minimum atomic E-state index is -1.09. The summed E-state index contributed by atoms with van der Waals surface area (Å²) in [6.45, 7) is 1.80. The molecule has 1 aromatic carbocycles. The summed E-state index contributed by atoms with van der Waals surface area (Å²) in [5.41, 5.74) is 1.78. The summed E-state index contributed by atoms with van der Waals surface area (Å²) >= 11 is 6.25. The number of carbonyl (C=O) groups excluding carboxylic acids is 1.